The van der Waals surface area contributed by atoms with Crippen molar-refractivity contribution < 1.29 is 30.0 Å². The second-order valence-corrected chi connectivity index (χ2v) is 20.0. The second kappa shape index (κ2) is 12.6. The third-order valence-corrected chi connectivity index (χ3v) is 16.9. The van der Waals surface area contributed by atoms with E-state index < -0.39 is 31.1 Å². The third-order valence-electron chi connectivity index (χ3n) is 14.3. The number of hydrogen-bond acceptors (Lipinski definition) is 7. The van der Waals surface area contributed by atoms with Gasteiger partial charge in [-0.3, -0.25) is 13.2 Å². The molecule has 5 fully saturated rings. The maximum Gasteiger partial charge on any atom is 0.296 e. The van der Waals surface area contributed by atoms with Crippen LogP contribution in [0, 0.1) is 72.0 Å². The van der Waals surface area contributed by atoms with Gasteiger partial charge in [0.05, 0.1) is 33.8 Å². The van der Waals surface area contributed by atoms with Crippen molar-refractivity contribution in [3.05, 3.63) is 131 Å². The van der Waals surface area contributed by atoms with Gasteiger partial charge in [-0.25, -0.2) is 0 Å². The van der Waals surface area contributed by atoms with Crippen molar-refractivity contribution in [2.24, 2.45) is 58.2 Å². The standard InChI is InChI=1S/C45H46O7S2/c1-27-15-19-31(20-16-27)53(47,48)51-25-35-33-23-24-34(36(35)26-52-54(49,50)32-21-17-28(2)18-22-32)38-37(33)41-42(38)45(4)40(30-13-9-6-10-14-30)39(44(41,3)43(45)46)29-11-7-5-8-12-29/h5-22,33-38,41-42H,23-26H2,1-4H3/t33-,34+,35-,36-,37+,38+,41+,42+,44-,45-/m0/s1. The number of rotatable bonds is 10. The van der Waals surface area contributed by atoms with E-state index >= 15 is 4.79 Å². The van der Waals surface area contributed by atoms with E-state index in [9.17, 15) is 16.8 Å². The summed E-state index contributed by atoms with van der Waals surface area (Å²) in [5, 5.41) is 0. The molecule has 4 aromatic rings. The molecule has 4 aromatic carbocycles. The Balaban J connectivity index is 1.12. The Morgan fingerprint density at radius 1 is 0.556 bits per heavy atom. The highest BCUT2D eigenvalue weighted by atomic mass is 32.2. The largest absolute Gasteiger partial charge is 0.298 e. The normalized spacial score (nSPS) is 33.7. The van der Waals surface area contributed by atoms with E-state index in [0.29, 0.717) is 0 Å². The number of hydrogen-bond donors (Lipinski definition) is 0. The summed E-state index contributed by atoms with van der Waals surface area (Å²) in [6, 6.07) is 33.9. The predicted octanol–water partition coefficient (Wildman–Crippen LogP) is 8.38. The Morgan fingerprint density at radius 2 is 0.907 bits per heavy atom. The lowest BCUT2D eigenvalue weighted by atomic mass is 9.33. The minimum absolute atomic E-state index is 0.0370. The van der Waals surface area contributed by atoms with Crippen LogP contribution in [-0.2, 0) is 33.4 Å². The maximum absolute atomic E-state index is 15.2. The van der Waals surface area contributed by atoms with E-state index in [1.165, 1.54) is 0 Å². The highest BCUT2D eigenvalue weighted by molar-refractivity contribution is 7.87. The monoisotopic (exact) mass is 762 g/mol. The highest BCUT2D eigenvalue weighted by Gasteiger charge is 2.82. The summed E-state index contributed by atoms with van der Waals surface area (Å²) in [6.07, 6.45) is 1.73. The summed E-state index contributed by atoms with van der Waals surface area (Å²) in [7, 11) is -8.16. The number of fused-ring (bicyclic) bond motifs is 7. The van der Waals surface area contributed by atoms with E-state index in [1.807, 2.05) is 50.2 Å². The summed E-state index contributed by atoms with van der Waals surface area (Å²) >= 11 is 0. The SMILES string of the molecule is Cc1ccc(S(=O)(=O)OC[C@@H]2[C@@H](COS(=O)(=O)c3ccc(C)cc3)[C@@H]3CC[C@H]2[C@@H]2[C@@H]3[C@@H]3[C@@H]2[C@@]2(C)C(=O)[C@@]3(C)C(c3ccccc3)=C2c2ccccc2)cc1. The van der Waals surface area contributed by atoms with Crippen LogP contribution in [0.25, 0.3) is 11.1 Å². The first-order chi connectivity index (χ1) is 25.8. The average Bonchev–Trinajstić information content (AvgIpc) is 3.41. The quantitative estimate of drug-likeness (QED) is 0.150. The summed E-state index contributed by atoms with van der Waals surface area (Å²) < 4.78 is 66.1. The minimum Gasteiger partial charge on any atom is -0.298 e. The number of ketones is 1. The van der Waals surface area contributed by atoms with Gasteiger partial charge in [-0.15, -0.1) is 0 Å². The van der Waals surface area contributed by atoms with Gasteiger partial charge < -0.3 is 0 Å². The lowest BCUT2D eigenvalue weighted by Crippen LogP contribution is -2.68. The number of carbonyl (C=O) groups excluding carboxylic acids is 1. The van der Waals surface area contributed by atoms with Crippen LogP contribution in [0.4, 0.5) is 0 Å². The van der Waals surface area contributed by atoms with Crippen LogP contribution in [0.5, 0.6) is 0 Å². The molecule has 0 amide bonds. The highest BCUT2D eigenvalue weighted by Crippen LogP contribution is 2.84. The molecule has 0 spiro atoms. The van der Waals surface area contributed by atoms with Gasteiger partial charge >= 0.3 is 0 Å². The molecular formula is C45H46O7S2. The summed E-state index contributed by atoms with van der Waals surface area (Å²) in [6.45, 7) is 7.98. The molecule has 7 nitrogen and oxygen atoms in total. The number of benzene rings is 4. The first kappa shape index (κ1) is 35.8. The molecule has 9 heteroatoms. The molecule has 4 bridgehead atoms. The first-order valence-electron chi connectivity index (χ1n) is 19.1. The zero-order valence-corrected chi connectivity index (χ0v) is 32.6. The number of aryl methyl sites for hydroxylation is 2. The Kier molecular flexibility index (Phi) is 8.33. The van der Waals surface area contributed by atoms with Crippen molar-refractivity contribution in [2.75, 3.05) is 13.2 Å². The van der Waals surface area contributed by atoms with Crippen LogP contribution in [0.3, 0.4) is 0 Å². The minimum atomic E-state index is -4.08. The smallest absolute Gasteiger partial charge is 0.296 e. The van der Waals surface area contributed by atoms with Crippen LogP contribution in [0.15, 0.2) is 119 Å². The van der Waals surface area contributed by atoms with E-state index in [1.54, 1.807) is 48.5 Å². The lowest BCUT2D eigenvalue weighted by molar-refractivity contribution is -0.227. The molecule has 6 aliphatic carbocycles. The average molecular weight is 763 g/mol. The van der Waals surface area contributed by atoms with E-state index in [-0.39, 0.29) is 76.1 Å². The Labute approximate surface area is 319 Å². The summed E-state index contributed by atoms with van der Waals surface area (Å²) in [5.74, 6) is 0.272. The Hall–Kier alpha value is -3.89. The van der Waals surface area contributed by atoms with Gasteiger partial charge in [0.1, 0.15) is 0 Å². The number of allylic oxidation sites excluding steroid dienone is 2. The molecule has 6 aliphatic rings. The van der Waals surface area contributed by atoms with E-state index in [2.05, 4.69) is 38.1 Å². The van der Waals surface area contributed by atoms with Crippen LogP contribution in [-0.4, -0.2) is 35.8 Å². The van der Waals surface area contributed by atoms with Crippen LogP contribution in [0.1, 0.15) is 48.9 Å². The van der Waals surface area contributed by atoms with Crippen molar-refractivity contribution in [2.45, 2.75) is 50.3 Å². The zero-order valence-electron chi connectivity index (χ0n) is 31.0. The molecular weight excluding hydrogens is 717 g/mol. The molecule has 54 heavy (non-hydrogen) atoms. The fourth-order valence-corrected chi connectivity index (χ4v) is 14.1. The van der Waals surface area contributed by atoms with E-state index in [0.717, 1.165) is 46.2 Å². The van der Waals surface area contributed by atoms with Crippen molar-refractivity contribution in [1.29, 1.82) is 0 Å². The molecule has 0 heterocycles. The van der Waals surface area contributed by atoms with Crippen LogP contribution >= 0.6 is 0 Å². The van der Waals surface area contributed by atoms with E-state index in [4.69, 9.17) is 8.37 Å². The van der Waals surface area contributed by atoms with Gasteiger partial charge in [-0.05, 0) is 134 Å². The fourth-order valence-electron chi connectivity index (χ4n) is 12.2. The Morgan fingerprint density at radius 3 is 1.26 bits per heavy atom. The molecule has 280 valence electrons. The fraction of sp³-hybridized carbons (Fsp3) is 0.400. The van der Waals surface area contributed by atoms with Crippen molar-refractivity contribution in [1.82, 2.24) is 0 Å². The number of Topliss-reactive ketones (excluding diaryl/α,β-unsaturated/α-hetero) is 1. The molecule has 0 aromatic heterocycles. The molecule has 0 radical (unpaired) electrons. The van der Waals surface area contributed by atoms with Gasteiger partial charge in [0.15, 0.2) is 5.78 Å². The zero-order chi connectivity index (χ0) is 37.8. The molecule has 5 saturated carbocycles. The number of carbonyl (C=O) groups is 1. The van der Waals surface area contributed by atoms with Crippen molar-refractivity contribution in [3.8, 4) is 0 Å². The predicted molar refractivity (Wildman–Crippen MR) is 207 cm³/mol. The summed E-state index contributed by atoms with van der Waals surface area (Å²) in [4.78, 5) is 15.4. The molecule has 0 saturated heterocycles. The topological polar surface area (TPSA) is 104 Å². The lowest BCUT2D eigenvalue weighted by Gasteiger charge is -2.71. The van der Waals surface area contributed by atoms with Gasteiger partial charge in [-0.2, -0.15) is 16.8 Å². The third kappa shape index (κ3) is 5.07. The molecule has 0 aliphatic heterocycles. The maximum atomic E-state index is 15.2. The summed E-state index contributed by atoms with van der Waals surface area (Å²) in [5.41, 5.74) is 4.78. The van der Waals surface area contributed by atoms with Gasteiger partial charge in [-0.1, -0.05) is 96.1 Å². The second-order valence-electron chi connectivity index (χ2n) is 16.8. The molecule has 10 atom stereocenters. The Bertz CT molecular complexity index is 2210. The molecule has 10 rings (SSSR count). The van der Waals surface area contributed by atoms with Crippen LogP contribution < -0.4 is 0 Å². The van der Waals surface area contributed by atoms with Gasteiger partial charge in [0.25, 0.3) is 20.2 Å². The van der Waals surface area contributed by atoms with Gasteiger partial charge in [0, 0.05) is 0 Å². The molecule has 0 N–H and O–H groups in total. The van der Waals surface area contributed by atoms with Gasteiger partial charge in [0.2, 0.25) is 0 Å². The molecule has 0 unspecified atom stereocenters. The van der Waals surface area contributed by atoms with Crippen molar-refractivity contribution in [3.63, 3.8) is 0 Å². The van der Waals surface area contributed by atoms with Crippen molar-refractivity contribution >= 4 is 37.2 Å². The van der Waals surface area contributed by atoms with Crippen LogP contribution in [0.2, 0.25) is 0 Å². The first-order valence-corrected chi connectivity index (χ1v) is 21.9.